The maximum atomic E-state index is 5.43. The van der Waals surface area contributed by atoms with Crippen LogP contribution in [0, 0.1) is 0 Å². The highest BCUT2D eigenvalue weighted by atomic mass is 16.5. The summed E-state index contributed by atoms with van der Waals surface area (Å²) in [5.41, 5.74) is 2.13. The quantitative estimate of drug-likeness (QED) is 0.677. The molecule has 0 radical (unpaired) electrons. The van der Waals surface area contributed by atoms with Crippen LogP contribution in [0.5, 0.6) is 0 Å². The summed E-state index contributed by atoms with van der Waals surface area (Å²) in [5.74, 6) is 1.83. The molecule has 28 heavy (non-hydrogen) atoms. The molecule has 2 aliphatic heterocycles. The summed E-state index contributed by atoms with van der Waals surface area (Å²) in [6.45, 7) is 8.03. The number of hydrogen-bond acceptors (Lipinski definition) is 7. The minimum atomic E-state index is 0.745. The Bertz CT molecular complexity index is 896. The van der Waals surface area contributed by atoms with Crippen molar-refractivity contribution in [1.82, 2.24) is 24.3 Å². The molecule has 0 aliphatic carbocycles. The summed E-state index contributed by atoms with van der Waals surface area (Å²) in [5, 5.41) is 0. The number of piperazine rings is 1. The van der Waals surface area contributed by atoms with Gasteiger partial charge in [-0.3, -0.25) is 4.90 Å². The van der Waals surface area contributed by atoms with Crippen molar-refractivity contribution >= 4 is 17.4 Å². The van der Waals surface area contributed by atoms with Crippen LogP contribution in [-0.2, 0) is 11.3 Å². The van der Waals surface area contributed by atoms with Crippen molar-refractivity contribution in [2.45, 2.75) is 6.54 Å². The zero-order valence-corrected chi connectivity index (χ0v) is 15.9. The molecule has 0 N–H and O–H groups in total. The standard InChI is InChI=1S/C20H25N7O/c1-2-6-27-16-17(22-18(27)3-1)15-24-7-9-25(10-8-24)19-4-5-21-20(23-19)26-11-13-28-14-12-26/h1-6,16H,7-15H2. The van der Waals surface area contributed by atoms with Gasteiger partial charge in [-0.2, -0.15) is 4.98 Å². The number of aromatic nitrogens is 4. The van der Waals surface area contributed by atoms with Gasteiger partial charge in [0.2, 0.25) is 5.95 Å². The predicted octanol–water partition coefficient (Wildman–Crippen LogP) is 1.28. The molecular formula is C20H25N7O. The molecule has 2 fully saturated rings. The van der Waals surface area contributed by atoms with Crippen LogP contribution in [-0.4, -0.2) is 76.7 Å². The lowest BCUT2D eigenvalue weighted by molar-refractivity contribution is 0.122. The Balaban J connectivity index is 1.21. The van der Waals surface area contributed by atoms with E-state index >= 15 is 0 Å². The number of pyridine rings is 1. The first-order valence-electron chi connectivity index (χ1n) is 9.91. The highest BCUT2D eigenvalue weighted by Gasteiger charge is 2.21. The first-order chi connectivity index (χ1) is 13.8. The van der Waals surface area contributed by atoms with E-state index in [9.17, 15) is 0 Å². The first kappa shape index (κ1) is 17.4. The molecule has 2 aliphatic rings. The summed E-state index contributed by atoms with van der Waals surface area (Å²) in [6.07, 6.45) is 6.04. The number of anilines is 2. The highest BCUT2D eigenvalue weighted by Crippen LogP contribution is 2.18. The van der Waals surface area contributed by atoms with Crippen molar-refractivity contribution in [2.75, 3.05) is 62.3 Å². The van der Waals surface area contributed by atoms with Crippen LogP contribution >= 0.6 is 0 Å². The third-order valence-corrected chi connectivity index (χ3v) is 5.42. The molecule has 3 aromatic rings. The molecule has 8 nitrogen and oxygen atoms in total. The van der Waals surface area contributed by atoms with Gasteiger partial charge in [-0.25, -0.2) is 9.97 Å². The summed E-state index contributed by atoms with van der Waals surface area (Å²) in [7, 11) is 0. The first-order valence-corrected chi connectivity index (χ1v) is 9.91. The van der Waals surface area contributed by atoms with Crippen molar-refractivity contribution in [3.05, 3.63) is 48.5 Å². The molecule has 0 aromatic carbocycles. The van der Waals surface area contributed by atoms with E-state index in [2.05, 4.69) is 30.3 Å². The van der Waals surface area contributed by atoms with Crippen LogP contribution in [0.2, 0.25) is 0 Å². The molecular weight excluding hydrogens is 354 g/mol. The zero-order chi connectivity index (χ0) is 18.8. The van der Waals surface area contributed by atoms with Crippen molar-refractivity contribution in [2.24, 2.45) is 0 Å². The van der Waals surface area contributed by atoms with Gasteiger partial charge in [0.1, 0.15) is 11.5 Å². The maximum Gasteiger partial charge on any atom is 0.227 e. The van der Waals surface area contributed by atoms with Gasteiger partial charge in [0.05, 0.1) is 18.9 Å². The van der Waals surface area contributed by atoms with Crippen LogP contribution in [0.1, 0.15) is 5.69 Å². The number of fused-ring (bicyclic) bond motifs is 1. The van der Waals surface area contributed by atoms with Crippen LogP contribution in [0.4, 0.5) is 11.8 Å². The Morgan fingerprint density at radius 1 is 0.893 bits per heavy atom. The molecule has 5 rings (SSSR count). The third-order valence-electron chi connectivity index (χ3n) is 5.42. The lowest BCUT2D eigenvalue weighted by Crippen LogP contribution is -2.46. The van der Waals surface area contributed by atoms with Crippen molar-refractivity contribution in [3.63, 3.8) is 0 Å². The van der Waals surface area contributed by atoms with Gasteiger partial charge in [-0.1, -0.05) is 6.07 Å². The van der Waals surface area contributed by atoms with E-state index < -0.39 is 0 Å². The fourth-order valence-electron chi connectivity index (χ4n) is 3.86. The molecule has 0 spiro atoms. The molecule has 146 valence electrons. The van der Waals surface area contributed by atoms with Crippen LogP contribution in [0.3, 0.4) is 0 Å². The molecule has 2 saturated heterocycles. The van der Waals surface area contributed by atoms with Gasteiger partial charge in [-0.05, 0) is 18.2 Å². The highest BCUT2D eigenvalue weighted by molar-refractivity contribution is 5.44. The van der Waals surface area contributed by atoms with E-state index in [4.69, 9.17) is 14.7 Å². The van der Waals surface area contributed by atoms with Gasteiger partial charge in [0.25, 0.3) is 0 Å². The van der Waals surface area contributed by atoms with E-state index in [1.807, 2.05) is 36.7 Å². The number of morpholine rings is 1. The molecule has 0 unspecified atom stereocenters. The second-order valence-electron chi connectivity index (χ2n) is 7.28. The average Bonchev–Trinajstić information content (AvgIpc) is 3.17. The number of ether oxygens (including phenoxy) is 1. The smallest absolute Gasteiger partial charge is 0.227 e. The Morgan fingerprint density at radius 3 is 2.57 bits per heavy atom. The molecule has 0 saturated carbocycles. The number of nitrogens with zero attached hydrogens (tertiary/aromatic N) is 7. The zero-order valence-electron chi connectivity index (χ0n) is 15.9. The Morgan fingerprint density at radius 2 is 1.75 bits per heavy atom. The van der Waals surface area contributed by atoms with Gasteiger partial charge in [0.15, 0.2) is 0 Å². The van der Waals surface area contributed by atoms with Gasteiger partial charge >= 0.3 is 0 Å². The van der Waals surface area contributed by atoms with Crippen molar-refractivity contribution in [1.29, 1.82) is 0 Å². The van der Waals surface area contributed by atoms with E-state index in [1.54, 1.807) is 0 Å². The summed E-state index contributed by atoms with van der Waals surface area (Å²) < 4.78 is 7.51. The average molecular weight is 379 g/mol. The monoisotopic (exact) mass is 379 g/mol. The Hall–Kier alpha value is -2.71. The molecule has 3 aromatic heterocycles. The lowest BCUT2D eigenvalue weighted by Gasteiger charge is -2.35. The fourth-order valence-corrected chi connectivity index (χ4v) is 3.86. The molecule has 0 bridgehead atoms. The maximum absolute atomic E-state index is 5.43. The van der Waals surface area contributed by atoms with E-state index in [0.717, 1.165) is 82.1 Å². The van der Waals surface area contributed by atoms with Crippen LogP contribution in [0.25, 0.3) is 5.65 Å². The van der Waals surface area contributed by atoms with E-state index in [0.29, 0.717) is 0 Å². The summed E-state index contributed by atoms with van der Waals surface area (Å²) in [6, 6.07) is 8.12. The molecule has 5 heterocycles. The topological polar surface area (TPSA) is 62.0 Å². The SMILES string of the molecule is c1ccn2cc(CN3CCN(c4ccnc(N5CCOCC5)n4)CC3)nc2c1. The number of hydrogen-bond donors (Lipinski definition) is 0. The predicted molar refractivity (Wildman–Crippen MR) is 108 cm³/mol. The third kappa shape index (κ3) is 3.65. The molecule has 0 amide bonds. The Kier molecular flexibility index (Phi) is 4.80. The lowest BCUT2D eigenvalue weighted by atomic mass is 10.3. The number of imidazole rings is 1. The van der Waals surface area contributed by atoms with E-state index in [1.165, 1.54) is 0 Å². The van der Waals surface area contributed by atoms with Gasteiger partial charge < -0.3 is 18.9 Å². The second kappa shape index (κ2) is 7.73. The van der Waals surface area contributed by atoms with Gasteiger partial charge in [-0.15, -0.1) is 0 Å². The molecule has 8 heteroatoms. The fraction of sp³-hybridized carbons (Fsp3) is 0.450. The van der Waals surface area contributed by atoms with E-state index in [-0.39, 0.29) is 0 Å². The van der Waals surface area contributed by atoms with Crippen molar-refractivity contribution < 1.29 is 4.74 Å². The summed E-state index contributed by atoms with van der Waals surface area (Å²) >= 11 is 0. The number of rotatable bonds is 4. The Labute approximate surface area is 164 Å². The molecule has 0 atom stereocenters. The summed E-state index contributed by atoms with van der Waals surface area (Å²) in [4.78, 5) is 21.0. The normalized spacial score (nSPS) is 18.7. The van der Waals surface area contributed by atoms with Crippen LogP contribution < -0.4 is 9.80 Å². The van der Waals surface area contributed by atoms with Crippen molar-refractivity contribution in [3.8, 4) is 0 Å². The minimum absolute atomic E-state index is 0.745. The van der Waals surface area contributed by atoms with Gasteiger partial charge in [0, 0.05) is 64.4 Å². The minimum Gasteiger partial charge on any atom is -0.378 e. The largest absolute Gasteiger partial charge is 0.378 e. The second-order valence-corrected chi connectivity index (χ2v) is 7.28. The van der Waals surface area contributed by atoms with Crippen LogP contribution in [0.15, 0.2) is 42.9 Å².